The molecule has 1 aliphatic heterocycles. The summed E-state index contributed by atoms with van der Waals surface area (Å²) in [6.45, 7) is 6.41. The molecule has 1 aromatic heterocycles. The fourth-order valence-electron chi connectivity index (χ4n) is 3.58. The van der Waals surface area contributed by atoms with Crippen molar-refractivity contribution in [1.82, 2.24) is 4.57 Å². The van der Waals surface area contributed by atoms with Gasteiger partial charge in [0.15, 0.2) is 6.61 Å². The first kappa shape index (κ1) is 20.7. The predicted octanol–water partition coefficient (Wildman–Crippen LogP) is 3.54. The molecule has 0 aliphatic carbocycles. The number of ketones is 1. The second-order valence-electron chi connectivity index (χ2n) is 7.29. The monoisotopic (exact) mass is 400 g/mol. The van der Waals surface area contributed by atoms with E-state index in [1.807, 2.05) is 18.4 Å². The highest BCUT2D eigenvalue weighted by Crippen LogP contribution is 2.22. The van der Waals surface area contributed by atoms with Crippen molar-refractivity contribution in [2.45, 2.75) is 46.3 Å². The minimum Gasteiger partial charge on any atom is -0.454 e. The molecular formula is C21H24N2O6. The molecule has 1 saturated heterocycles. The molecule has 3 rings (SSSR count). The van der Waals surface area contributed by atoms with Gasteiger partial charge in [0.1, 0.15) is 0 Å². The van der Waals surface area contributed by atoms with Crippen molar-refractivity contribution >= 4 is 17.4 Å². The zero-order valence-corrected chi connectivity index (χ0v) is 16.8. The number of nitrogens with zero attached hydrogens (tertiary/aromatic N) is 2. The van der Waals surface area contributed by atoms with Crippen molar-refractivity contribution in [2.75, 3.05) is 13.2 Å². The van der Waals surface area contributed by atoms with Gasteiger partial charge in [0.25, 0.3) is 5.69 Å². The second-order valence-corrected chi connectivity index (χ2v) is 7.29. The van der Waals surface area contributed by atoms with Gasteiger partial charge in [0.2, 0.25) is 5.78 Å². The fourth-order valence-corrected chi connectivity index (χ4v) is 3.58. The summed E-state index contributed by atoms with van der Waals surface area (Å²) in [4.78, 5) is 35.3. The predicted molar refractivity (Wildman–Crippen MR) is 105 cm³/mol. The van der Waals surface area contributed by atoms with E-state index in [0.717, 1.165) is 36.9 Å². The van der Waals surface area contributed by atoms with Crippen molar-refractivity contribution in [3.8, 4) is 0 Å². The number of carbonyl (C=O) groups excluding carboxylic acids is 2. The minimum atomic E-state index is -0.769. The van der Waals surface area contributed by atoms with Crippen LogP contribution in [0.2, 0.25) is 0 Å². The Bertz CT molecular complexity index is 956. The first-order valence-electron chi connectivity index (χ1n) is 9.51. The summed E-state index contributed by atoms with van der Waals surface area (Å²) in [6.07, 6.45) is 2.20. The normalized spacial score (nSPS) is 16.0. The molecular weight excluding hydrogens is 376 g/mol. The molecule has 2 aromatic rings. The van der Waals surface area contributed by atoms with Gasteiger partial charge < -0.3 is 14.0 Å². The molecule has 8 nitrogen and oxygen atoms in total. The van der Waals surface area contributed by atoms with Crippen LogP contribution in [-0.4, -0.2) is 40.6 Å². The maximum Gasteiger partial charge on any atom is 0.338 e. The Morgan fingerprint density at radius 3 is 2.69 bits per heavy atom. The third-order valence-corrected chi connectivity index (χ3v) is 5.26. The molecule has 0 saturated carbocycles. The SMILES string of the molecule is Cc1ccc(C(=O)OCC(=O)c2cc(C)n(C[C@H]3CCCO3)c2C)cc1[N+](=O)[O-]. The van der Waals surface area contributed by atoms with Crippen LogP contribution < -0.4 is 0 Å². The molecule has 0 amide bonds. The van der Waals surface area contributed by atoms with Crippen molar-refractivity contribution in [3.05, 3.63) is 62.5 Å². The molecule has 29 heavy (non-hydrogen) atoms. The average molecular weight is 400 g/mol. The van der Waals surface area contributed by atoms with Gasteiger partial charge in [0.05, 0.1) is 16.6 Å². The zero-order chi connectivity index (χ0) is 21.1. The Labute approximate surface area is 168 Å². The molecule has 0 unspecified atom stereocenters. The lowest BCUT2D eigenvalue weighted by molar-refractivity contribution is -0.385. The van der Waals surface area contributed by atoms with Gasteiger partial charge in [-0.25, -0.2) is 4.79 Å². The van der Waals surface area contributed by atoms with Crippen LogP contribution in [0.3, 0.4) is 0 Å². The number of Topliss-reactive ketones (excluding diaryl/α,β-unsaturated/α-hetero) is 1. The molecule has 0 spiro atoms. The van der Waals surface area contributed by atoms with Crippen LogP contribution in [0.5, 0.6) is 0 Å². The van der Waals surface area contributed by atoms with Crippen molar-refractivity contribution < 1.29 is 24.0 Å². The van der Waals surface area contributed by atoms with Crippen LogP contribution in [0.15, 0.2) is 24.3 Å². The highest BCUT2D eigenvalue weighted by Gasteiger charge is 2.22. The fraction of sp³-hybridized carbons (Fsp3) is 0.429. The standard InChI is InChI=1S/C21H24N2O6/c1-13-6-7-16(10-19(13)23(26)27)21(25)29-12-20(24)18-9-14(2)22(15(18)3)11-17-5-4-8-28-17/h6-7,9-10,17H,4-5,8,11-12H2,1-3H3/t17-/m1/s1. The van der Waals surface area contributed by atoms with Gasteiger partial charge >= 0.3 is 5.97 Å². The van der Waals surface area contributed by atoms with Crippen LogP contribution in [0, 0.1) is 30.9 Å². The number of aryl methyl sites for hydroxylation is 2. The van der Waals surface area contributed by atoms with E-state index in [2.05, 4.69) is 0 Å². The zero-order valence-electron chi connectivity index (χ0n) is 16.8. The summed E-state index contributed by atoms with van der Waals surface area (Å²) in [5, 5.41) is 11.0. The molecule has 8 heteroatoms. The lowest BCUT2D eigenvalue weighted by Crippen LogP contribution is -2.18. The Kier molecular flexibility index (Phi) is 6.12. The van der Waals surface area contributed by atoms with Gasteiger partial charge in [-0.3, -0.25) is 14.9 Å². The van der Waals surface area contributed by atoms with Crippen molar-refractivity contribution in [1.29, 1.82) is 0 Å². The van der Waals surface area contributed by atoms with Gasteiger partial charge in [0, 0.05) is 41.7 Å². The summed E-state index contributed by atoms with van der Waals surface area (Å²) in [6, 6.07) is 5.88. The van der Waals surface area contributed by atoms with E-state index in [0.29, 0.717) is 17.7 Å². The van der Waals surface area contributed by atoms with E-state index in [1.54, 1.807) is 13.0 Å². The lowest BCUT2D eigenvalue weighted by atomic mass is 10.1. The topological polar surface area (TPSA) is 101 Å². The van der Waals surface area contributed by atoms with E-state index in [1.165, 1.54) is 12.1 Å². The van der Waals surface area contributed by atoms with E-state index in [-0.39, 0.29) is 23.1 Å². The Balaban J connectivity index is 1.67. The number of nitro benzene ring substituents is 1. The van der Waals surface area contributed by atoms with E-state index in [4.69, 9.17) is 9.47 Å². The number of benzene rings is 1. The number of nitro groups is 1. The molecule has 1 aliphatic rings. The number of ether oxygens (including phenoxy) is 2. The summed E-state index contributed by atoms with van der Waals surface area (Å²) in [5.41, 5.74) is 2.58. The minimum absolute atomic E-state index is 0.0407. The van der Waals surface area contributed by atoms with E-state index < -0.39 is 17.5 Å². The highest BCUT2D eigenvalue weighted by molar-refractivity contribution is 6.00. The quantitative estimate of drug-likeness (QED) is 0.305. The highest BCUT2D eigenvalue weighted by atomic mass is 16.6. The third-order valence-electron chi connectivity index (χ3n) is 5.26. The number of carbonyl (C=O) groups is 2. The molecule has 2 heterocycles. The Hall–Kier alpha value is -3.00. The molecule has 0 N–H and O–H groups in total. The smallest absolute Gasteiger partial charge is 0.338 e. The number of hydrogen-bond donors (Lipinski definition) is 0. The Morgan fingerprint density at radius 1 is 1.28 bits per heavy atom. The van der Waals surface area contributed by atoms with Crippen LogP contribution >= 0.6 is 0 Å². The number of aromatic nitrogens is 1. The van der Waals surface area contributed by atoms with Crippen LogP contribution in [0.1, 0.15) is 50.5 Å². The number of rotatable bonds is 7. The molecule has 0 radical (unpaired) electrons. The lowest BCUT2D eigenvalue weighted by Gasteiger charge is -2.14. The summed E-state index contributed by atoms with van der Waals surface area (Å²) >= 11 is 0. The molecule has 1 fully saturated rings. The first-order chi connectivity index (χ1) is 13.8. The third kappa shape index (κ3) is 4.54. The van der Waals surface area contributed by atoms with Gasteiger partial charge in [-0.2, -0.15) is 0 Å². The Morgan fingerprint density at radius 2 is 2.03 bits per heavy atom. The average Bonchev–Trinajstić information content (AvgIpc) is 3.29. The number of esters is 1. The van der Waals surface area contributed by atoms with Gasteiger partial charge in [-0.05, 0) is 45.7 Å². The van der Waals surface area contributed by atoms with Crippen molar-refractivity contribution in [3.63, 3.8) is 0 Å². The van der Waals surface area contributed by atoms with Crippen LogP contribution in [-0.2, 0) is 16.0 Å². The largest absolute Gasteiger partial charge is 0.454 e. The summed E-state index contributed by atoms with van der Waals surface area (Å²) in [7, 11) is 0. The van der Waals surface area contributed by atoms with Crippen LogP contribution in [0.4, 0.5) is 5.69 Å². The second kappa shape index (κ2) is 8.57. The van der Waals surface area contributed by atoms with Gasteiger partial charge in [-0.1, -0.05) is 6.07 Å². The molecule has 0 bridgehead atoms. The molecule has 1 aromatic carbocycles. The molecule has 154 valence electrons. The molecule has 1 atom stereocenters. The van der Waals surface area contributed by atoms with Gasteiger partial charge in [-0.15, -0.1) is 0 Å². The maximum absolute atomic E-state index is 12.6. The number of hydrogen-bond acceptors (Lipinski definition) is 6. The van der Waals surface area contributed by atoms with Crippen molar-refractivity contribution in [2.24, 2.45) is 0 Å². The van der Waals surface area contributed by atoms with E-state index in [9.17, 15) is 19.7 Å². The first-order valence-corrected chi connectivity index (χ1v) is 9.51. The van der Waals surface area contributed by atoms with E-state index >= 15 is 0 Å². The maximum atomic E-state index is 12.6. The summed E-state index contributed by atoms with van der Waals surface area (Å²) < 4.78 is 12.8. The van der Waals surface area contributed by atoms with Crippen LogP contribution in [0.25, 0.3) is 0 Å². The summed E-state index contributed by atoms with van der Waals surface area (Å²) in [5.74, 6) is -1.08.